The maximum Gasteiger partial charge on any atom is 0.307 e. The van der Waals surface area contributed by atoms with Crippen molar-refractivity contribution in [2.45, 2.75) is 115 Å². The van der Waals surface area contributed by atoms with E-state index >= 15 is 0 Å². The fourth-order valence-corrected chi connectivity index (χ4v) is 12.3. The summed E-state index contributed by atoms with van der Waals surface area (Å²) >= 11 is 0. The number of halogens is 1. The summed E-state index contributed by atoms with van der Waals surface area (Å²) < 4.78 is 25.1. The van der Waals surface area contributed by atoms with Gasteiger partial charge in [0.25, 0.3) is 0 Å². The molecule has 0 heterocycles. The number of benzene rings is 2. The van der Waals surface area contributed by atoms with Gasteiger partial charge in [0, 0.05) is 28.4 Å². The van der Waals surface area contributed by atoms with Gasteiger partial charge in [0.05, 0.1) is 18.6 Å². The van der Waals surface area contributed by atoms with Gasteiger partial charge in [-0.15, -0.1) is 0 Å². The van der Waals surface area contributed by atoms with E-state index in [1.54, 1.807) is 24.5 Å². The van der Waals surface area contributed by atoms with Gasteiger partial charge in [0.1, 0.15) is 5.82 Å². The number of allylic oxidation sites excluding steroid dienone is 2. The van der Waals surface area contributed by atoms with Crippen LogP contribution in [0.4, 0.5) is 4.39 Å². The Hall–Kier alpha value is -3.14. The molecule has 0 bridgehead atoms. The molecule has 0 aromatic heterocycles. The molecule has 9 heteroatoms. The van der Waals surface area contributed by atoms with Crippen LogP contribution in [0.5, 0.6) is 0 Å². The van der Waals surface area contributed by atoms with Crippen LogP contribution in [0, 0.1) is 52.2 Å². The number of aliphatic carboxylic acids is 2. The molecule has 0 saturated heterocycles. The maximum absolute atomic E-state index is 13.7. The van der Waals surface area contributed by atoms with Gasteiger partial charge in [-0.25, -0.2) is 4.39 Å². The van der Waals surface area contributed by atoms with Gasteiger partial charge in [0.15, 0.2) is 0 Å². The number of hydrogen-bond acceptors (Lipinski definition) is 5. The van der Waals surface area contributed by atoms with Gasteiger partial charge in [0.2, 0.25) is 0 Å². The molecule has 4 N–H and O–H groups in total. The van der Waals surface area contributed by atoms with E-state index in [4.69, 9.17) is 10.2 Å². The minimum Gasteiger partial charge on any atom is -0.481 e. The van der Waals surface area contributed by atoms with Crippen LogP contribution in [0.1, 0.15) is 115 Å². The van der Waals surface area contributed by atoms with Crippen molar-refractivity contribution in [1.82, 2.24) is 0 Å². The molecule has 11 atom stereocenters. The van der Waals surface area contributed by atoms with Gasteiger partial charge >= 0.3 is 11.9 Å². The lowest BCUT2D eigenvalue weighted by atomic mass is 9.43. The molecule has 7 nitrogen and oxygen atoms in total. The first kappa shape index (κ1) is 39.6. The number of carbonyl (C=O) groups is 2. The van der Waals surface area contributed by atoms with Gasteiger partial charge in [-0.05, 0) is 175 Å². The molecule has 0 spiro atoms. The van der Waals surface area contributed by atoms with E-state index in [-0.39, 0.29) is 41.7 Å². The third kappa shape index (κ3) is 7.72. The number of carboxylic acids is 2. The second-order valence-corrected chi connectivity index (χ2v) is 18.7. The van der Waals surface area contributed by atoms with Gasteiger partial charge in [-0.1, -0.05) is 39.0 Å². The number of aliphatic hydroxyl groups is 2. The number of hydrogen-bond donors (Lipinski definition) is 4. The lowest BCUT2D eigenvalue weighted by Crippen LogP contribution is -2.58. The molecule has 0 aliphatic heterocycles. The quantitative estimate of drug-likeness (QED) is 0.212. The van der Waals surface area contributed by atoms with Gasteiger partial charge in [-0.2, -0.15) is 0 Å². The molecule has 4 saturated carbocycles. The van der Waals surface area contributed by atoms with E-state index in [0.717, 1.165) is 59.3 Å². The Balaban J connectivity index is 0.000000183. The second kappa shape index (κ2) is 15.5. The fourth-order valence-electron chi connectivity index (χ4n) is 11.8. The van der Waals surface area contributed by atoms with Crippen molar-refractivity contribution in [2.75, 3.05) is 6.26 Å². The van der Waals surface area contributed by atoms with Gasteiger partial charge < -0.3 is 20.4 Å². The summed E-state index contributed by atoms with van der Waals surface area (Å²) in [4.78, 5) is 23.0. The largest absolute Gasteiger partial charge is 0.481 e. The molecule has 53 heavy (non-hydrogen) atoms. The predicted molar refractivity (Wildman–Crippen MR) is 207 cm³/mol. The third-order valence-electron chi connectivity index (χ3n) is 14.5. The predicted octanol–water partition coefficient (Wildman–Crippen LogP) is 8.84. The number of fused-ring (bicyclic) bond motifs is 6. The van der Waals surface area contributed by atoms with Crippen molar-refractivity contribution < 1.29 is 38.6 Å². The maximum atomic E-state index is 13.7. The zero-order valence-electron chi connectivity index (χ0n) is 31.8. The Labute approximate surface area is 316 Å². The van der Waals surface area contributed by atoms with E-state index < -0.39 is 22.7 Å². The van der Waals surface area contributed by atoms with E-state index in [1.807, 2.05) is 25.1 Å². The first-order valence-electron chi connectivity index (χ1n) is 19.5. The summed E-state index contributed by atoms with van der Waals surface area (Å²) in [5.74, 6) is 1.03. The molecule has 0 amide bonds. The number of carboxylic acid groups (broad SMARTS) is 2. The van der Waals surface area contributed by atoms with E-state index in [0.29, 0.717) is 46.6 Å². The normalized spacial score (nSPS) is 34.9. The lowest BCUT2D eigenvalue weighted by Gasteiger charge is -2.62. The minimum absolute atomic E-state index is 0.145. The zero-order valence-corrected chi connectivity index (χ0v) is 32.6. The highest BCUT2D eigenvalue weighted by molar-refractivity contribution is 7.84. The lowest BCUT2D eigenvalue weighted by molar-refractivity contribution is -0.174. The molecule has 4 fully saturated rings. The SMILES string of the molecule is CC(CCC(=O)O)[C@H]1CC[C@H]2[C@@H]3[C@@H](O)C[C@@H]4C[C@H](O)CC[C@]4(C)[C@H]3CC[C@]12C.CC1=C(CC(=O)O)c2cc(F)ccc2/C1=C\c1ccc(S(C)=O)cc1. The van der Waals surface area contributed by atoms with Crippen LogP contribution in [0.15, 0.2) is 52.9 Å². The van der Waals surface area contributed by atoms with E-state index in [9.17, 15) is 28.4 Å². The standard InChI is InChI=1S/C24H40O4.C20H17FO3S/c1-14(4-7-21(27)28)17-5-6-18-22-19(9-11-24(17,18)3)23(2)10-8-16(25)12-15(23)13-20(22)26;1-12-17(9-13-3-6-15(7-4-13)25(2)24)16-8-5-14(21)10-19(16)18(12)11-20(22)23/h14-20,22,25-26H,4-13H2,1-3H3,(H,27,28);3-10H,11H2,1-2H3,(H,22,23)/b;17-9-/t14?,15-,16+,17+,18-,19-,20-,22-,23-,24+;/m0./s1. The molecule has 2 unspecified atom stereocenters. The van der Waals surface area contributed by atoms with Crippen LogP contribution in [0.25, 0.3) is 17.2 Å². The fraction of sp³-hybridized carbons (Fsp3) is 0.591. The first-order valence-corrected chi connectivity index (χ1v) is 21.0. The average molecular weight is 749 g/mol. The molecular formula is C44H57FO7S. The molecule has 2 aromatic rings. The monoisotopic (exact) mass is 748 g/mol. The second-order valence-electron chi connectivity index (χ2n) is 17.3. The molecular weight excluding hydrogens is 692 g/mol. The molecule has 5 aliphatic rings. The van der Waals surface area contributed by atoms with E-state index in [1.165, 1.54) is 37.8 Å². The molecule has 0 radical (unpaired) electrons. The van der Waals surface area contributed by atoms with Crippen LogP contribution in [0.2, 0.25) is 0 Å². The van der Waals surface area contributed by atoms with Crippen LogP contribution in [-0.4, -0.2) is 55.0 Å². The van der Waals surface area contributed by atoms with Crippen molar-refractivity contribution in [1.29, 1.82) is 0 Å². The summed E-state index contributed by atoms with van der Waals surface area (Å²) in [7, 11) is -1.04. The van der Waals surface area contributed by atoms with Crippen molar-refractivity contribution >= 4 is 40.0 Å². The Kier molecular flexibility index (Phi) is 11.6. The molecule has 2 aromatic carbocycles. The summed E-state index contributed by atoms with van der Waals surface area (Å²) in [6, 6.07) is 11.8. The molecule has 288 valence electrons. The van der Waals surface area contributed by atoms with Crippen molar-refractivity contribution in [3.05, 3.63) is 70.5 Å². The Bertz CT molecular complexity index is 1800. The minimum atomic E-state index is -1.04. The van der Waals surface area contributed by atoms with Crippen LogP contribution in [0.3, 0.4) is 0 Å². The summed E-state index contributed by atoms with van der Waals surface area (Å²) in [6.45, 7) is 9.02. The zero-order chi connectivity index (χ0) is 38.4. The smallest absolute Gasteiger partial charge is 0.307 e. The number of aliphatic hydroxyl groups excluding tert-OH is 2. The number of rotatable bonds is 8. The highest BCUT2D eigenvalue weighted by Crippen LogP contribution is 2.68. The summed E-state index contributed by atoms with van der Waals surface area (Å²) in [5.41, 5.74) is 5.27. The van der Waals surface area contributed by atoms with Crippen molar-refractivity contribution in [3.8, 4) is 0 Å². The first-order chi connectivity index (χ1) is 25.0. The van der Waals surface area contributed by atoms with Crippen LogP contribution >= 0.6 is 0 Å². The van der Waals surface area contributed by atoms with Crippen LogP contribution < -0.4 is 0 Å². The summed E-state index contributed by atoms with van der Waals surface area (Å²) in [6.07, 6.45) is 12.6. The highest BCUT2D eigenvalue weighted by atomic mass is 32.2. The van der Waals surface area contributed by atoms with Crippen molar-refractivity contribution in [3.63, 3.8) is 0 Å². The van der Waals surface area contributed by atoms with Crippen LogP contribution in [-0.2, 0) is 20.4 Å². The van der Waals surface area contributed by atoms with Crippen molar-refractivity contribution in [2.24, 2.45) is 46.3 Å². The molecule has 5 aliphatic carbocycles. The molecule has 7 rings (SSSR count). The topological polar surface area (TPSA) is 132 Å². The Morgan fingerprint density at radius 2 is 1.60 bits per heavy atom. The third-order valence-corrected chi connectivity index (χ3v) is 15.5. The Morgan fingerprint density at radius 1 is 0.925 bits per heavy atom. The van der Waals surface area contributed by atoms with E-state index in [2.05, 4.69) is 20.8 Å². The summed E-state index contributed by atoms with van der Waals surface area (Å²) in [5, 5.41) is 39.7. The average Bonchev–Trinajstić information content (AvgIpc) is 3.58. The highest BCUT2D eigenvalue weighted by Gasteiger charge is 2.62. The van der Waals surface area contributed by atoms with Gasteiger partial charge in [-0.3, -0.25) is 13.8 Å². The Morgan fingerprint density at radius 3 is 2.26 bits per heavy atom.